The highest BCUT2D eigenvalue weighted by Gasteiger charge is 2.32. The first-order chi connectivity index (χ1) is 15.1. The van der Waals surface area contributed by atoms with Crippen LogP contribution in [-0.2, 0) is 9.47 Å². The first kappa shape index (κ1) is 19.9. The van der Waals surface area contributed by atoms with Crippen LogP contribution in [0.5, 0.6) is 0 Å². The molecule has 31 heavy (non-hydrogen) atoms. The Morgan fingerprint density at radius 3 is 2.58 bits per heavy atom. The third kappa shape index (κ3) is 3.74. The zero-order valence-corrected chi connectivity index (χ0v) is 16.8. The normalized spacial score (nSPS) is 20.0. The number of imidazole rings is 1. The SMILES string of the molecule is Nc1ccc2nc(C(F)F)n(C3COCCN3c3cc(N4CCOCC4)ncn3)c2c1. The lowest BCUT2D eigenvalue weighted by atomic mass is 10.2. The molecule has 3 aromatic rings. The van der Waals surface area contributed by atoms with Crippen LogP contribution in [0, 0.1) is 0 Å². The Labute approximate surface area is 177 Å². The first-order valence-electron chi connectivity index (χ1n) is 10.2. The maximum atomic E-state index is 13.9. The average molecular weight is 431 g/mol. The fourth-order valence-corrected chi connectivity index (χ4v) is 4.13. The number of hydrogen-bond donors (Lipinski definition) is 1. The summed E-state index contributed by atoms with van der Waals surface area (Å²) in [6, 6.07) is 6.87. The van der Waals surface area contributed by atoms with Crippen molar-refractivity contribution in [3.05, 3.63) is 36.4 Å². The van der Waals surface area contributed by atoms with Gasteiger partial charge in [0.1, 0.15) is 24.1 Å². The molecule has 0 amide bonds. The van der Waals surface area contributed by atoms with Crippen molar-refractivity contribution in [2.75, 3.05) is 61.6 Å². The minimum atomic E-state index is -2.74. The predicted octanol–water partition coefficient (Wildman–Crippen LogP) is 2.22. The van der Waals surface area contributed by atoms with Gasteiger partial charge in [0.15, 0.2) is 5.82 Å². The molecule has 0 radical (unpaired) electrons. The molecule has 0 saturated carbocycles. The second-order valence-electron chi connectivity index (χ2n) is 7.47. The van der Waals surface area contributed by atoms with Crippen LogP contribution >= 0.6 is 0 Å². The summed E-state index contributed by atoms with van der Waals surface area (Å²) in [6.07, 6.45) is -1.78. The van der Waals surface area contributed by atoms with Gasteiger partial charge in [-0.15, -0.1) is 0 Å². The molecule has 2 N–H and O–H groups in total. The van der Waals surface area contributed by atoms with E-state index in [0.29, 0.717) is 48.9 Å². The smallest absolute Gasteiger partial charge is 0.295 e. The predicted molar refractivity (Wildman–Crippen MR) is 111 cm³/mol. The lowest BCUT2D eigenvalue weighted by molar-refractivity contribution is 0.0654. The number of fused-ring (bicyclic) bond motifs is 1. The van der Waals surface area contributed by atoms with Gasteiger partial charge in [-0.05, 0) is 18.2 Å². The quantitative estimate of drug-likeness (QED) is 0.629. The summed E-state index contributed by atoms with van der Waals surface area (Å²) in [7, 11) is 0. The van der Waals surface area contributed by atoms with Gasteiger partial charge in [-0.2, -0.15) is 0 Å². The van der Waals surface area contributed by atoms with Gasteiger partial charge in [0.25, 0.3) is 6.43 Å². The molecule has 9 nitrogen and oxygen atoms in total. The topological polar surface area (TPSA) is 94.6 Å². The van der Waals surface area contributed by atoms with Gasteiger partial charge in [0.2, 0.25) is 0 Å². The van der Waals surface area contributed by atoms with Gasteiger partial charge in [-0.25, -0.2) is 23.7 Å². The van der Waals surface area contributed by atoms with Gasteiger partial charge in [-0.1, -0.05) is 0 Å². The van der Waals surface area contributed by atoms with E-state index >= 15 is 0 Å². The molecule has 5 rings (SSSR count). The minimum absolute atomic E-state index is 0.219. The molecule has 2 saturated heterocycles. The van der Waals surface area contributed by atoms with E-state index in [-0.39, 0.29) is 12.4 Å². The molecule has 0 bridgehead atoms. The van der Waals surface area contributed by atoms with E-state index in [4.69, 9.17) is 15.2 Å². The molecule has 1 aromatic carbocycles. The number of nitrogens with zero attached hydrogens (tertiary/aromatic N) is 6. The van der Waals surface area contributed by atoms with E-state index in [1.165, 1.54) is 10.9 Å². The van der Waals surface area contributed by atoms with Gasteiger partial charge in [0.05, 0.1) is 37.5 Å². The summed E-state index contributed by atoms with van der Waals surface area (Å²) in [6.45, 7) is 3.94. The molecule has 2 aliphatic heterocycles. The van der Waals surface area contributed by atoms with Crippen molar-refractivity contribution in [3.63, 3.8) is 0 Å². The Morgan fingerprint density at radius 1 is 1.00 bits per heavy atom. The number of anilines is 3. The van der Waals surface area contributed by atoms with Gasteiger partial charge < -0.3 is 25.0 Å². The van der Waals surface area contributed by atoms with Crippen molar-refractivity contribution < 1.29 is 18.3 Å². The molecule has 1 unspecified atom stereocenters. The molecular formula is C20H23F2N7O2. The highest BCUT2D eigenvalue weighted by Crippen LogP contribution is 2.34. The van der Waals surface area contributed by atoms with Crippen LogP contribution in [0.25, 0.3) is 11.0 Å². The third-order valence-corrected chi connectivity index (χ3v) is 5.60. The molecule has 0 aliphatic carbocycles. The van der Waals surface area contributed by atoms with Gasteiger partial charge >= 0.3 is 0 Å². The summed E-state index contributed by atoms with van der Waals surface area (Å²) in [5.41, 5.74) is 7.43. The summed E-state index contributed by atoms with van der Waals surface area (Å²) in [5, 5.41) is 0. The maximum Gasteiger partial charge on any atom is 0.295 e. The third-order valence-electron chi connectivity index (χ3n) is 5.60. The van der Waals surface area contributed by atoms with Crippen LogP contribution in [0.4, 0.5) is 26.1 Å². The fourth-order valence-electron chi connectivity index (χ4n) is 4.13. The van der Waals surface area contributed by atoms with E-state index in [9.17, 15) is 8.78 Å². The zero-order chi connectivity index (χ0) is 21.4. The van der Waals surface area contributed by atoms with Crippen LogP contribution in [0.2, 0.25) is 0 Å². The Hall–Kier alpha value is -3.05. The minimum Gasteiger partial charge on any atom is -0.399 e. The molecular weight excluding hydrogens is 408 g/mol. The maximum absolute atomic E-state index is 13.9. The van der Waals surface area contributed by atoms with Crippen LogP contribution in [0.3, 0.4) is 0 Å². The Bertz CT molecular complexity index is 1070. The lowest BCUT2D eigenvalue weighted by Crippen LogP contribution is -2.44. The molecule has 2 fully saturated rings. The van der Waals surface area contributed by atoms with E-state index in [2.05, 4.69) is 19.9 Å². The summed E-state index contributed by atoms with van der Waals surface area (Å²) in [4.78, 5) is 17.1. The van der Waals surface area contributed by atoms with E-state index in [1.54, 1.807) is 18.2 Å². The van der Waals surface area contributed by atoms with Gasteiger partial charge in [-0.3, -0.25) is 4.57 Å². The Morgan fingerprint density at radius 2 is 1.77 bits per heavy atom. The van der Waals surface area contributed by atoms with Crippen LogP contribution in [0.15, 0.2) is 30.6 Å². The first-order valence-corrected chi connectivity index (χ1v) is 10.2. The Balaban J connectivity index is 1.57. The molecule has 2 aliphatic rings. The number of aromatic nitrogens is 4. The second kappa shape index (κ2) is 8.23. The van der Waals surface area contributed by atoms with Crippen LogP contribution in [0.1, 0.15) is 18.4 Å². The largest absolute Gasteiger partial charge is 0.399 e. The van der Waals surface area contributed by atoms with Crippen molar-refractivity contribution in [1.82, 2.24) is 19.5 Å². The second-order valence-corrected chi connectivity index (χ2v) is 7.47. The molecule has 11 heteroatoms. The lowest BCUT2D eigenvalue weighted by Gasteiger charge is -2.38. The molecule has 4 heterocycles. The number of halogens is 2. The molecule has 0 spiro atoms. The summed E-state index contributed by atoms with van der Waals surface area (Å²) >= 11 is 0. The zero-order valence-electron chi connectivity index (χ0n) is 16.8. The number of benzene rings is 1. The van der Waals surface area contributed by atoms with Crippen molar-refractivity contribution in [2.45, 2.75) is 12.6 Å². The molecule has 2 aromatic heterocycles. The van der Waals surface area contributed by atoms with E-state index in [0.717, 1.165) is 18.9 Å². The molecule has 164 valence electrons. The number of nitrogen functional groups attached to an aromatic ring is 1. The number of alkyl halides is 2. The number of morpholine rings is 2. The van der Waals surface area contributed by atoms with Crippen molar-refractivity contribution in [2.24, 2.45) is 0 Å². The summed E-state index contributed by atoms with van der Waals surface area (Å²) in [5.74, 6) is 1.12. The number of hydrogen-bond acceptors (Lipinski definition) is 8. The highest BCUT2D eigenvalue weighted by atomic mass is 19.3. The van der Waals surface area contributed by atoms with Crippen LogP contribution in [-0.4, -0.2) is 65.6 Å². The number of rotatable bonds is 4. The monoisotopic (exact) mass is 431 g/mol. The fraction of sp³-hybridized carbons (Fsp3) is 0.450. The highest BCUT2D eigenvalue weighted by molar-refractivity contribution is 5.80. The van der Waals surface area contributed by atoms with Gasteiger partial charge in [0, 0.05) is 31.4 Å². The molecule has 1 atom stereocenters. The van der Waals surface area contributed by atoms with E-state index in [1.807, 2.05) is 11.0 Å². The summed E-state index contributed by atoms with van der Waals surface area (Å²) < 4.78 is 40.5. The van der Waals surface area contributed by atoms with Crippen LogP contribution < -0.4 is 15.5 Å². The number of ether oxygens (including phenoxy) is 2. The average Bonchev–Trinajstić information content (AvgIpc) is 3.18. The standard InChI is InChI=1S/C20H23F2N7O2/c21-19(22)20-26-14-2-1-13(23)9-15(14)29(20)18-11-31-8-5-28(18)17-10-16(24-12-25-17)27-3-6-30-7-4-27/h1-2,9-10,12,18-19H,3-8,11,23H2. The van der Waals surface area contributed by atoms with Crippen molar-refractivity contribution in [3.8, 4) is 0 Å². The van der Waals surface area contributed by atoms with Crippen molar-refractivity contribution >= 4 is 28.4 Å². The van der Waals surface area contributed by atoms with Crippen molar-refractivity contribution in [1.29, 1.82) is 0 Å². The number of nitrogens with two attached hydrogens (primary N) is 1. The Kier molecular flexibility index (Phi) is 5.28. The van der Waals surface area contributed by atoms with E-state index < -0.39 is 12.6 Å².